The fourth-order valence-electron chi connectivity index (χ4n) is 1.44. The van der Waals surface area contributed by atoms with E-state index >= 15 is 0 Å². The zero-order chi connectivity index (χ0) is 12.4. The minimum absolute atomic E-state index is 0.183. The van der Waals surface area contributed by atoms with Gasteiger partial charge in [0.2, 0.25) is 5.91 Å². The molecular formula is C11H24N2O3. The van der Waals surface area contributed by atoms with Crippen LogP contribution in [0.5, 0.6) is 0 Å². The molecule has 0 heterocycles. The zero-order valence-electron chi connectivity index (χ0n) is 10.6. The smallest absolute Gasteiger partial charge is 0.231 e. The van der Waals surface area contributed by atoms with Crippen molar-refractivity contribution in [2.24, 2.45) is 5.73 Å². The lowest BCUT2D eigenvalue weighted by Crippen LogP contribution is -2.36. The van der Waals surface area contributed by atoms with Crippen molar-refractivity contribution in [3.05, 3.63) is 0 Å². The summed E-state index contributed by atoms with van der Waals surface area (Å²) in [6.07, 6.45) is 0.569. The Morgan fingerprint density at radius 1 is 1.25 bits per heavy atom. The molecule has 0 aromatic carbocycles. The molecule has 0 aliphatic rings. The number of carbonyl (C=O) groups is 1. The molecule has 0 unspecified atom stereocenters. The van der Waals surface area contributed by atoms with Crippen LogP contribution in [0.3, 0.4) is 0 Å². The average molecular weight is 232 g/mol. The lowest BCUT2D eigenvalue weighted by Gasteiger charge is -2.22. The molecule has 0 spiro atoms. The van der Waals surface area contributed by atoms with E-state index in [4.69, 9.17) is 15.2 Å². The third-order valence-electron chi connectivity index (χ3n) is 2.21. The van der Waals surface area contributed by atoms with E-state index < -0.39 is 0 Å². The predicted molar refractivity (Wildman–Crippen MR) is 63.0 cm³/mol. The van der Waals surface area contributed by atoms with Crippen molar-refractivity contribution in [3.8, 4) is 0 Å². The highest BCUT2D eigenvalue weighted by Crippen LogP contribution is 2.03. The molecule has 0 radical (unpaired) electrons. The summed E-state index contributed by atoms with van der Waals surface area (Å²) in [5.74, 6) is -0.300. The van der Waals surface area contributed by atoms with E-state index in [2.05, 4.69) is 0 Å². The molecule has 96 valence electrons. The molecule has 0 aromatic rings. The largest absolute Gasteiger partial charge is 0.369 e. The molecule has 0 saturated heterocycles. The summed E-state index contributed by atoms with van der Waals surface area (Å²) in [6, 6.07) is 0. The van der Waals surface area contributed by atoms with E-state index in [1.807, 2.05) is 25.7 Å². The first-order chi connectivity index (χ1) is 7.63. The first-order valence-electron chi connectivity index (χ1n) is 5.87. The number of ether oxygens (including phenoxy) is 2. The van der Waals surface area contributed by atoms with Crippen LogP contribution in [0.25, 0.3) is 0 Å². The third-order valence-corrected chi connectivity index (χ3v) is 2.21. The third kappa shape index (κ3) is 7.62. The minimum Gasteiger partial charge on any atom is -0.369 e. The zero-order valence-corrected chi connectivity index (χ0v) is 10.6. The molecule has 0 rings (SSSR count). The fraction of sp³-hybridized carbons (Fsp3) is 0.909. The van der Waals surface area contributed by atoms with Crippen LogP contribution in [-0.2, 0) is 14.3 Å². The number of amides is 1. The number of carbonyl (C=O) groups excluding carboxylic acids is 1. The van der Waals surface area contributed by atoms with Gasteiger partial charge in [-0.15, -0.1) is 0 Å². The Kier molecular flexibility index (Phi) is 9.18. The predicted octanol–water partition coefficient (Wildman–Crippen LogP) is 0.583. The van der Waals surface area contributed by atoms with Crippen molar-refractivity contribution >= 4 is 5.91 Å². The van der Waals surface area contributed by atoms with Crippen LogP contribution < -0.4 is 5.73 Å². The van der Waals surface area contributed by atoms with Gasteiger partial charge >= 0.3 is 0 Å². The highest BCUT2D eigenvalue weighted by Gasteiger charge is 2.11. The Morgan fingerprint density at radius 2 is 1.81 bits per heavy atom. The van der Waals surface area contributed by atoms with Gasteiger partial charge in [-0.3, -0.25) is 9.69 Å². The van der Waals surface area contributed by atoms with Crippen molar-refractivity contribution in [2.75, 3.05) is 32.8 Å². The van der Waals surface area contributed by atoms with Crippen LogP contribution >= 0.6 is 0 Å². The Bertz CT molecular complexity index is 182. The summed E-state index contributed by atoms with van der Waals surface area (Å²) in [5, 5.41) is 0. The number of nitrogens with zero attached hydrogens (tertiary/aromatic N) is 1. The van der Waals surface area contributed by atoms with Crippen molar-refractivity contribution in [2.45, 2.75) is 33.5 Å². The van der Waals surface area contributed by atoms with Crippen molar-refractivity contribution < 1.29 is 14.3 Å². The SMILES string of the molecule is CCOC(CCN(CC)CC(N)=O)OCC. The van der Waals surface area contributed by atoms with Crippen LogP contribution in [-0.4, -0.2) is 49.9 Å². The van der Waals surface area contributed by atoms with E-state index in [0.29, 0.717) is 19.8 Å². The van der Waals surface area contributed by atoms with Crippen LogP contribution in [0.2, 0.25) is 0 Å². The molecule has 5 nitrogen and oxygen atoms in total. The standard InChI is InChI=1S/C11H24N2O3/c1-4-13(9-10(12)14)8-7-11(15-5-2)16-6-3/h11H,4-9H2,1-3H3,(H2,12,14). The van der Waals surface area contributed by atoms with Crippen molar-refractivity contribution in [3.63, 3.8) is 0 Å². The Labute approximate surface area is 97.9 Å². The molecule has 0 bridgehead atoms. The second kappa shape index (κ2) is 9.57. The topological polar surface area (TPSA) is 64.8 Å². The molecule has 0 atom stereocenters. The van der Waals surface area contributed by atoms with Gasteiger partial charge in [0.15, 0.2) is 6.29 Å². The molecule has 16 heavy (non-hydrogen) atoms. The van der Waals surface area contributed by atoms with Gasteiger partial charge in [0, 0.05) is 26.2 Å². The van der Waals surface area contributed by atoms with Crippen molar-refractivity contribution in [1.82, 2.24) is 4.90 Å². The molecule has 0 aliphatic carbocycles. The van der Waals surface area contributed by atoms with Gasteiger partial charge in [-0.05, 0) is 20.4 Å². The Balaban J connectivity index is 3.89. The number of rotatable bonds is 10. The summed E-state index contributed by atoms with van der Waals surface area (Å²) in [7, 11) is 0. The van der Waals surface area contributed by atoms with Gasteiger partial charge in [0.05, 0.1) is 6.54 Å². The molecule has 1 amide bonds. The quantitative estimate of drug-likeness (QED) is 0.560. The highest BCUT2D eigenvalue weighted by molar-refractivity contribution is 5.75. The van der Waals surface area contributed by atoms with E-state index in [0.717, 1.165) is 19.5 Å². The van der Waals surface area contributed by atoms with Crippen molar-refractivity contribution in [1.29, 1.82) is 0 Å². The van der Waals surface area contributed by atoms with Gasteiger partial charge in [-0.25, -0.2) is 0 Å². The van der Waals surface area contributed by atoms with E-state index in [1.165, 1.54) is 0 Å². The van der Waals surface area contributed by atoms with Crippen LogP contribution in [0.15, 0.2) is 0 Å². The monoisotopic (exact) mass is 232 g/mol. The van der Waals surface area contributed by atoms with E-state index in [1.54, 1.807) is 0 Å². The van der Waals surface area contributed by atoms with E-state index in [9.17, 15) is 4.79 Å². The molecule has 0 saturated carbocycles. The van der Waals surface area contributed by atoms with Crippen LogP contribution in [0.1, 0.15) is 27.2 Å². The van der Waals surface area contributed by atoms with Gasteiger partial charge in [-0.1, -0.05) is 6.92 Å². The minimum atomic E-state index is -0.300. The highest BCUT2D eigenvalue weighted by atomic mass is 16.7. The van der Waals surface area contributed by atoms with Gasteiger partial charge in [0.1, 0.15) is 0 Å². The summed E-state index contributed by atoms with van der Waals surface area (Å²) in [4.78, 5) is 12.8. The average Bonchev–Trinajstić information content (AvgIpc) is 2.24. The Morgan fingerprint density at radius 3 is 2.19 bits per heavy atom. The normalized spacial score (nSPS) is 11.3. The molecule has 0 aliphatic heterocycles. The second-order valence-corrected chi connectivity index (χ2v) is 3.46. The first-order valence-corrected chi connectivity index (χ1v) is 5.87. The van der Waals surface area contributed by atoms with Gasteiger partial charge < -0.3 is 15.2 Å². The maximum absolute atomic E-state index is 10.8. The number of hydrogen-bond acceptors (Lipinski definition) is 4. The summed E-state index contributed by atoms with van der Waals surface area (Å²) in [5.41, 5.74) is 5.15. The Hall–Kier alpha value is -0.650. The lowest BCUT2D eigenvalue weighted by atomic mass is 10.3. The number of primary amides is 1. The number of nitrogens with two attached hydrogens (primary N) is 1. The summed E-state index contributed by atoms with van der Waals surface area (Å²) >= 11 is 0. The van der Waals surface area contributed by atoms with Gasteiger partial charge in [0.25, 0.3) is 0 Å². The maximum Gasteiger partial charge on any atom is 0.231 e. The molecule has 0 fully saturated rings. The summed E-state index contributed by atoms with van der Waals surface area (Å²) < 4.78 is 10.8. The molecule has 2 N–H and O–H groups in total. The molecule has 5 heteroatoms. The van der Waals surface area contributed by atoms with E-state index in [-0.39, 0.29) is 12.2 Å². The molecular weight excluding hydrogens is 208 g/mol. The number of likely N-dealkylation sites (N-methyl/N-ethyl adjacent to an activating group) is 1. The van der Waals surface area contributed by atoms with Gasteiger partial charge in [-0.2, -0.15) is 0 Å². The second-order valence-electron chi connectivity index (χ2n) is 3.46. The number of hydrogen-bond donors (Lipinski definition) is 1. The van der Waals surface area contributed by atoms with Crippen LogP contribution in [0, 0.1) is 0 Å². The fourth-order valence-corrected chi connectivity index (χ4v) is 1.44. The lowest BCUT2D eigenvalue weighted by molar-refractivity contribution is -0.142. The first kappa shape index (κ1) is 15.3. The van der Waals surface area contributed by atoms with Crippen LogP contribution in [0.4, 0.5) is 0 Å². The summed E-state index contributed by atoms with van der Waals surface area (Å²) in [6.45, 7) is 8.98. The maximum atomic E-state index is 10.8. The molecule has 0 aromatic heterocycles.